The number of nitrogens with zero attached hydrogens (tertiary/aromatic N) is 1. The normalized spacial score (nSPS) is 15.9. The molecule has 1 aromatic rings. The first-order valence-electron chi connectivity index (χ1n) is 4.44. The minimum absolute atomic E-state index is 0.191. The molecular weight excluding hydrogens is 232 g/mol. The van der Waals surface area contributed by atoms with Crippen molar-refractivity contribution in [2.45, 2.75) is 5.75 Å². The Morgan fingerprint density at radius 1 is 1.53 bits per heavy atom. The van der Waals surface area contributed by atoms with E-state index in [0.717, 1.165) is 5.75 Å². The highest BCUT2D eigenvalue weighted by Gasteiger charge is 2.25. The second-order valence-corrected chi connectivity index (χ2v) is 5.10. The molecule has 0 radical (unpaired) electrons. The van der Waals surface area contributed by atoms with Crippen LogP contribution in [0.4, 0.5) is 4.79 Å². The summed E-state index contributed by atoms with van der Waals surface area (Å²) in [7, 11) is 0. The lowest BCUT2D eigenvalue weighted by Gasteiger charge is -2.11. The van der Waals surface area contributed by atoms with E-state index in [9.17, 15) is 9.59 Å². The van der Waals surface area contributed by atoms with Crippen molar-refractivity contribution in [1.82, 2.24) is 10.2 Å². The molecule has 0 bridgehead atoms. The van der Waals surface area contributed by atoms with E-state index in [0.29, 0.717) is 5.88 Å². The van der Waals surface area contributed by atoms with Gasteiger partial charge in [0, 0.05) is 10.6 Å². The lowest BCUT2D eigenvalue weighted by molar-refractivity contribution is -0.118. The van der Waals surface area contributed by atoms with Crippen LogP contribution in [0.2, 0.25) is 0 Å². The number of carbonyl (C=O) groups is 2. The highest BCUT2D eigenvalue weighted by molar-refractivity contribution is 7.98. The summed E-state index contributed by atoms with van der Waals surface area (Å²) in [5, 5.41) is 4.28. The number of hydrogen-bond donors (Lipinski definition) is 1. The highest BCUT2D eigenvalue weighted by atomic mass is 32.2. The fraction of sp³-hybridized carbons (Fsp3) is 0.333. The standard InChI is InChI=1S/C9H10N2O2S2/c12-8-4-11(9(13)10-8)6-14-5-7-2-1-3-15-7/h1-3H,4-6H2,(H,10,12,13). The average Bonchev–Trinajstić information content (AvgIpc) is 2.77. The summed E-state index contributed by atoms with van der Waals surface area (Å²) in [6.45, 7) is 0.191. The summed E-state index contributed by atoms with van der Waals surface area (Å²) in [4.78, 5) is 24.8. The Kier molecular flexibility index (Phi) is 3.27. The largest absolute Gasteiger partial charge is 0.325 e. The van der Waals surface area contributed by atoms with Crippen LogP contribution >= 0.6 is 23.1 Å². The third-order valence-electron chi connectivity index (χ3n) is 1.94. The van der Waals surface area contributed by atoms with Crippen molar-refractivity contribution < 1.29 is 9.59 Å². The average molecular weight is 242 g/mol. The molecule has 1 aromatic heterocycles. The van der Waals surface area contributed by atoms with Crippen LogP contribution in [0.5, 0.6) is 0 Å². The van der Waals surface area contributed by atoms with Crippen LogP contribution in [0, 0.1) is 0 Å². The van der Waals surface area contributed by atoms with Gasteiger partial charge in [0.15, 0.2) is 0 Å². The Labute approximate surface area is 95.6 Å². The summed E-state index contributed by atoms with van der Waals surface area (Å²) in [6.07, 6.45) is 0. The van der Waals surface area contributed by atoms with Gasteiger partial charge in [-0.25, -0.2) is 4.79 Å². The van der Waals surface area contributed by atoms with Crippen molar-refractivity contribution in [2.75, 3.05) is 12.4 Å². The third kappa shape index (κ3) is 2.73. The molecule has 0 saturated carbocycles. The van der Waals surface area contributed by atoms with Crippen LogP contribution in [-0.4, -0.2) is 29.3 Å². The zero-order chi connectivity index (χ0) is 10.7. The number of hydrogen-bond acceptors (Lipinski definition) is 4. The van der Waals surface area contributed by atoms with Gasteiger partial charge in [0.05, 0.1) is 5.88 Å². The van der Waals surface area contributed by atoms with Gasteiger partial charge in [-0.15, -0.1) is 23.1 Å². The first-order chi connectivity index (χ1) is 7.25. The highest BCUT2D eigenvalue weighted by Crippen LogP contribution is 2.18. The molecule has 0 aromatic carbocycles. The topological polar surface area (TPSA) is 49.4 Å². The zero-order valence-corrected chi connectivity index (χ0v) is 9.57. The zero-order valence-electron chi connectivity index (χ0n) is 7.93. The molecule has 4 nitrogen and oxygen atoms in total. The summed E-state index contributed by atoms with van der Waals surface area (Å²) >= 11 is 3.34. The van der Waals surface area contributed by atoms with Crippen molar-refractivity contribution >= 4 is 35.0 Å². The summed E-state index contributed by atoms with van der Waals surface area (Å²) in [5.74, 6) is 1.24. The lowest BCUT2D eigenvalue weighted by atomic mass is 10.5. The van der Waals surface area contributed by atoms with Crippen molar-refractivity contribution in [1.29, 1.82) is 0 Å². The number of imide groups is 1. The second-order valence-electron chi connectivity index (χ2n) is 3.11. The number of rotatable bonds is 4. The number of nitrogens with one attached hydrogen (secondary N) is 1. The monoisotopic (exact) mass is 242 g/mol. The van der Waals surface area contributed by atoms with Gasteiger partial charge in [-0.05, 0) is 11.4 Å². The van der Waals surface area contributed by atoms with Gasteiger partial charge in [-0.1, -0.05) is 6.07 Å². The van der Waals surface area contributed by atoms with Crippen molar-refractivity contribution in [2.24, 2.45) is 0 Å². The van der Waals surface area contributed by atoms with Crippen LogP contribution in [0.15, 0.2) is 17.5 Å². The van der Waals surface area contributed by atoms with E-state index in [1.165, 1.54) is 9.78 Å². The Morgan fingerprint density at radius 2 is 2.40 bits per heavy atom. The van der Waals surface area contributed by atoms with Crippen LogP contribution in [-0.2, 0) is 10.5 Å². The van der Waals surface area contributed by atoms with Gasteiger partial charge in [-0.3, -0.25) is 10.1 Å². The van der Waals surface area contributed by atoms with E-state index >= 15 is 0 Å². The van der Waals surface area contributed by atoms with Crippen LogP contribution < -0.4 is 5.32 Å². The molecule has 15 heavy (non-hydrogen) atoms. The second kappa shape index (κ2) is 4.67. The summed E-state index contributed by atoms with van der Waals surface area (Å²) in [6, 6.07) is 3.79. The van der Waals surface area contributed by atoms with Crippen LogP contribution in [0.1, 0.15) is 4.88 Å². The van der Waals surface area contributed by atoms with Crippen molar-refractivity contribution in [3.63, 3.8) is 0 Å². The molecule has 1 N–H and O–H groups in total. The molecule has 0 unspecified atom stereocenters. The van der Waals surface area contributed by atoms with E-state index in [4.69, 9.17) is 0 Å². The minimum atomic E-state index is -0.279. The molecule has 1 aliphatic heterocycles. The van der Waals surface area contributed by atoms with E-state index in [1.807, 2.05) is 11.4 Å². The molecule has 0 atom stereocenters. The molecule has 0 aliphatic carbocycles. The maximum atomic E-state index is 11.2. The van der Waals surface area contributed by atoms with Gasteiger partial charge in [0.2, 0.25) is 5.91 Å². The maximum Gasteiger partial charge on any atom is 0.325 e. The smallest absolute Gasteiger partial charge is 0.306 e. The fourth-order valence-corrected chi connectivity index (χ4v) is 3.07. The molecule has 2 heterocycles. The number of amides is 3. The van der Waals surface area contributed by atoms with E-state index < -0.39 is 0 Å². The Morgan fingerprint density at radius 3 is 3.00 bits per heavy atom. The Bertz CT molecular complexity index is 364. The predicted molar refractivity (Wildman–Crippen MR) is 60.7 cm³/mol. The van der Waals surface area contributed by atoms with Crippen LogP contribution in [0.3, 0.4) is 0 Å². The van der Waals surface area contributed by atoms with Crippen molar-refractivity contribution in [3.8, 4) is 0 Å². The lowest BCUT2D eigenvalue weighted by Crippen LogP contribution is -2.27. The molecule has 0 spiro atoms. The first-order valence-corrected chi connectivity index (χ1v) is 6.48. The molecule has 80 valence electrons. The molecule has 6 heteroatoms. The molecule has 1 fully saturated rings. The van der Waals surface area contributed by atoms with E-state index in [-0.39, 0.29) is 18.5 Å². The third-order valence-corrected chi connectivity index (χ3v) is 4.01. The quantitative estimate of drug-likeness (QED) is 0.814. The summed E-state index contributed by atoms with van der Waals surface area (Å²) in [5.41, 5.74) is 0. The van der Waals surface area contributed by atoms with Gasteiger partial charge in [0.25, 0.3) is 0 Å². The van der Waals surface area contributed by atoms with Crippen LogP contribution in [0.25, 0.3) is 0 Å². The number of thioether (sulfide) groups is 1. The molecule has 2 rings (SSSR count). The number of thiophene rings is 1. The SMILES string of the molecule is O=C1CN(CSCc2cccs2)C(=O)N1. The maximum absolute atomic E-state index is 11.2. The van der Waals surface area contributed by atoms with Crippen molar-refractivity contribution in [3.05, 3.63) is 22.4 Å². The molecule has 3 amide bonds. The number of urea groups is 1. The Hall–Kier alpha value is -1.01. The van der Waals surface area contributed by atoms with Gasteiger partial charge in [-0.2, -0.15) is 0 Å². The van der Waals surface area contributed by atoms with E-state index in [1.54, 1.807) is 23.1 Å². The molecular formula is C9H10N2O2S2. The van der Waals surface area contributed by atoms with Gasteiger partial charge < -0.3 is 4.90 Å². The molecule has 1 saturated heterocycles. The van der Waals surface area contributed by atoms with E-state index in [2.05, 4.69) is 11.4 Å². The predicted octanol–water partition coefficient (Wildman–Crippen LogP) is 1.49. The fourth-order valence-electron chi connectivity index (χ4n) is 1.24. The first kappa shape index (κ1) is 10.5. The Balaban J connectivity index is 1.74. The van der Waals surface area contributed by atoms with Gasteiger partial charge >= 0.3 is 6.03 Å². The minimum Gasteiger partial charge on any atom is -0.306 e. The number of carbonyl (C=O) groups excluding carboxylic acids is 2. The summed E-state index contributed by atoms with van der Waals surface area (Å²) < 4.78 is 0. The molecule has 1 aliphatic rings. The van der Waals surface area contributed by atoms with Gasteiger partial charge in [0.1, 0.15) is 6.54 Å².